The predicted molar refractivity (Wildman–Crippen MR) is 146 cm³/mol. The van der Waals surface area contributed by atoms with Crippen LogP contribution in [0.15, 0.2) is 72.8 Å². The molecule has 0 aromatic heterocycles. The van der Waals surface area contributed by atoms with Crippen molar-refractivity contribution in [2.45, 2.75) is 50.2 Å². The summed E-state index contributed by atoms with van der Waals surface area (Å²) in [6.45, 7) is 4.42. The quantitative estimate of drug-likeness (QED) is 0.339. The molecule has 3 unspecified atom stereocenters. The van der Waals surface area contributed by atoms with E-state index in [2.05, 4.69) is 84.6 Å². The SMILES string of the molecule is COc1ccc2c(c1)C(C)CC(c1ccccc1)C2c1ccc(N2CCC(C(OC)OC)CC2)cc1. The Morgan fingerprint density at radius 3 is 2.11 bits per heavy atom. The molecule has 1 fully saturated rings. The number of hydrogen-bond donors (Lipinski definition) is 0. The molecule has 0 saturated carbocycles. The average molecular weight is 486 g/mol. The van der Waals surface area contributed by atoms with Crippen molar-refractivity contribution in [2.75, 3.05) is 39.3 Å². The van der Waals surface area contributed by atoms with Crippen molar-refractivity contribution in [3.05, 3.63) is 95.1 Å². The Kier molecular flexibility index (Phi) is 7.64. The van der Waals surface area contributed by atoms with E-state index >= 15 is 0 Å². The van der Waals surface area contributed by atoms with Crippen LogP contribution in [0.5, 0.6) is 5.75 Å². The second-order valence-corrected chi connectivity index (χ2v) is 10.4. The van der Waals surface area contributed by atoms with Gasteiger partial charge in [-0.25, -0.2) is 0 Å². The van der Waals surface area contributed by atoms with Crippen molar-refractivity contribution in [1.29, 1.82) is 0 Å². The summed E-state index contributed by atoms with van der Waals surface area (Å²) in [7, 11) is 5.23. The fraction of sp³-hybridized carbons (Fsp3) is 0.438. The van der Waals surface area contributed by atoms with Crippen LogP contribution in [-0.2, 0) is 9.47 Å². The van der Waals surface area contributed by atoms with Gasteiger partial charge in [0.1, 0.15) is 5.75 Å². The first-order chi connectivity index (χ1) is 17.6. The first kappa shape index (κ1) is 24.9. The molecule has 3 aromatic carbocycles. The zero-order valence-electron chi connectivity index (χ0n) is 22.0. The molecule has 1 aliphatic carbocycles. The van der Waals surface area contributed by atoms with Crippen LogP contribution >= 0.6 is 0 Å². The van der Waals surface area contributed by atoms with Crippen LogP contribution in [0.1, 0.15) is 66.2 Å². The lowest BCUT2D eigenvalue weighted by atomic mass is 9.66. The minimum absolute atomic E-state index is 0.100. The number of piperidine rings is 1. The highest BCUT2D eigenvalue weighted by molar-refractivity contribution is 5.53. The van der Waals surface area contributed by atoms with E-state index in [0.29, 0.717) is 23.7 Å². The number of anilines is 1. The molecule has 4 heteroatoms. The number of fused-ring (bicyclic) bond motifs is 1. The molecule has 0 bridgehead atoms. The number of ether oxygens (including phenoxy) is 3. The zero-order valence-corrected chi connectivity index (χ0v) is 22.0. The number of hydrogen-bond acceptors (Lipinski definition) is 4. The molecule has 5 rings (SSSR count). The van der Waals surface area contributed by atoms with Crippen LogP contribution in [0.25, 0.3) is 0 Å². The Bertz CT molecular complexity index is 1120. The van der Waals surface area contributed by atoms with Crippen molar-refractivity contribution < 1.29 is 14.2 Å². The highest BCUT2D eigenvalue weighted by Gasteiger charge is 2.35. The lowest BCUT2D eigenvalue weighted by molar-refractivity contribution is -0.141. The number of rotatable bonds is 7. The lowest BCUT2D eigenvalue weighted by Crippen LogP contribution is -2.39. The first-order valence-electron chi connectivity index (χ1n) is 13.3. The van der Waals surface area contributed by atoms with Gasteiger partial charge in [0, 0.05) is 44.8 Å². The molecular weight excluding hydrogens is 446 g/mol. The number of methoxy groups -OCH3 is 3. The third-order valence-corrected chi connectivity index (χ3v) is 8.40. The first-order valence-corrected chi connectivity index (χ1v) is 13.3. The summed E-state index contributed by atoms with van der Waals surface area (Å²) in [5, 5.41) is 0. The molecule has 1 saturated heterocycles. The number of nitrogens with zero attached hydrogens (tertiary/aromatic N) is 1. The summed E-state index contributed by atoms with van der Waals surface area (Å²) in [6, 6.07) is 27.1. The minimum Gasteiger partial charge on any atom is -0.497 e. The molecule has 0 radical (unpaired) electrons. The maximum absolute atomic E-state index is 5.58. The van der Waals surface area contributed by atoms with Crippen molar-refractivity contribution in [2.24, 2.45) is 5.92 Å². The predicted octanol–water partition coefficient (Wildman–Crippen LogP) is 6.95. The van der Waals surface area contributed by atoms with Crippen LogP contribution in [0, 0.1) is 5.92 Å². The fourth-order valence-corrected chi connectivity index (χ4v) is 6.49. The van der Waals surface area contributed by atoms with E-state index in [1.807, 2.05) is 0 Å². The molecule has 2 aliphatic rings. The zero-order chi connectivity index (χ0) is 25.1. The summed E-state index contributed by atoms with van der Waals surface area (Å²) in [4.78, 5) is 2.50. The second kappa shape index (κ2) is 11.1. The van der Waals surface area contributed by atoms with E-state index in [0.717, 1.165) is 38.1 Å². The van der Waals surface area contributed by atoms with E-state index in [9.17, 15) is 0 Å². The monoisotopic (exact) mass is 485 g/mol. The normalized spacial score (nSPS) is 22.5. The van der Waals surface area contributed by atoms with Gasteiger partial charge in [-0.1, -0.05) is 55.5 Å². The van der Waals surface area contributed by atoms with Gasteiger partial charge in [0.2, 0.25) is 0 Å². The van der Waals surface area contributed by atoms with Gasteiger partial charge in [-0.15, -0.1) is 0 Å². The summed E-state index contributed by atoms with van der Waals surface area (Å²) in [5.41, 5.74) is 6.97. The van der Waals surface area contributed by atoms with Crippen LogP contribution in [0.4, 0.5) is 5.69 Å². The van der Waals surface area contributed by atoms with Gasteiger partial charge in [-0.3, -0.25) is 0 Å². The summed E-state index contributed by atoms with van der Waals surface area (Å²) < 4.78 is 16.6. The fourth-order valence-electron chi connectivity index (χ4n) is 6.49. The summed E-state index contributed by atoms with van der Waals surface area (Å²) >= 11 is 0. The maximum Gasteiger partial charge on any atom is 0.159 e. The Morgan fingerprint density at radius 2 is 1.47 bits per heavy atom. The summed E-state index contributed by atoms with van der Waals surface area (Å²) in [6.07, 6.45) is 3.20. The standard InChI is InChI=1S/C32H39NO3/c1-22-20-30(23-8-6-5-7-9-23)31(28-15-14-27(34-2)21-29(22)28)24-10-12-26(13-11-24)33-18-16-25(17-19-33)32(35-3)36-4/h5-15,21-22,25,30-32H,16-20H2,1-4H3. The van der Waals surface area contributed by atoms with Gasteiger partial charge >= 0.3 is 0 Å². The van der Waals surface area contributed by atoms with E-state index in [4.69, 9.17) is 14.2 Å². The second-order valence-electron chi connectivity index (χ2n) is 10.4. The average Bonchev–Trinajstić information content (AvgIpc) is 2.94. The molecule has 0 amide bonds. The van der Waals surface area contributed by atoms with Gasteiger partial charge in [0.05, 0.1) is 7.11 Å². The molecule has 3 atom stereocenters. The Morgan fingerprint density at radius 1 is 0.778 bits per heavy atom. The van der Waals surface area contributed by atoms with E-state index < -0.39 is 0 Å². The van der Waals surface area contributed by atoms with Crippen molar-refractivity contribution in [3.63, 3.8) is 0 Å². The Balaban J connectivity index is 1.43. The van der Waals surface area contributed by atoms with Gasteiger partial charge in [0.25, 0.3) is 0 Å². The van der Waals surface area contributed by atoms with E-state index in [1.165, 1.54) is 27.9 Å². The molecular formula is C32H39NO3. The molecule has 3 aromatic rings. The van der Waals surface area contributed by atoms with Crippen molar-refractivity contribution >= 4 is 5.69 Å². The van der Waals surface area contributed by atoms with Gasteiger partial charge in [-0.05, 0) is 77.6 Å². The maximum atomic E-state index is 5.58. The van der Waals surface area contributed by atoms with Crippen molar-refractivity contribution in [3.8, 4) is 5.75 Å². The van der Waals surface area contributed by atoms with Gasteiger partial charge in [-0.2, -0.15) is 0 Å². The molecule has 36 heavy (non-hydrogen) atoms. The van der Waals surface area contributed by atoms with Crippen molar-refractivity contribution in [1.82, 2.24) is 0 Å². The van der Waals surface area contributed by atoms with Crippen LogP contribution in [-0.4, -0.2) is 40.7 Å². The highest BCUT2D eigenvalue weighted by atomic mass is 16.7. The molecule has 0 spiro atoms. The molecule has 1 heterocycles. The van der Waals surface area contributed by atoms with Gasteiger partial charge in [0.15, 0.2) is 6.29 Å². The minimum atomic E-state index is -0.100. The summed E-state index contributed by atoms with van der Waals surface area (Å²) in [5.74, 6) is 2.66. The molecule has 4 nitrogen and oxygen atoms in total. The van der Waals surface area contributed by atoms with Crippen LogP contribution in [0.2, 0.25) is 0 Å². The Labute approximate surface area is 216 Å². The van der Waals surface area contributed by atoms with E-state index in [-0.39, 0.29) is 6.29 Å². The topological polar surface area (TPSA) is 30.9 Å². The highest BCUT2D eigenvalue weighted by Crippen LogP contribution is 2.51. The third kappa shape index (κ3) is 4.89. The van der Waals surface area contributed by atoms with E-state index in [1.54, 1.807) is 21.3 Å². The third-order valence-electron chi connectivity index (χ3n) is 8.40. The largest absolute Gasteiger partial charge is 0.497 e. The van der Waals surface area contributed by atoms with Crippen LogP contribution in [0.3, 0.4) is 0 Å². The molecule has 1 aliphatic heterocycles. The number of benzene rings is 3. The smallest absolute Gasteiger partial charge is 0.159 e. The van der Waals surface area contributed by atoms with Crippen LogP contribution < -0.4 is 9.64 Å². The lowest BCUT2D eigenvalue weighted by Gasteiger charge is -2.39. The Hall–Kier alpha value is -2.82. The molecule has 190 valence electrons. The molecule has 0 N–H and O–H groups in total. The van der Waals surface area contributed by atoms with Gasteiger partial charge < -0.3 is 19.1 Å².